The van der Waals surface area contributed by atoms with E-state index in [1.54, 1.807) is 37.4 Å². The fraction of sp³-hybridized carbons (Fsp3) is 0.321. The zero-order chi connectivity index (χ0) is 25.5. The molecule has 1 saturated heterocycles. The van der Waals surface area contributed by atoms with Crippen molar-refractivity contribution in [2.45, 2.75) is 12.1 Å². The molecule has 1 aliphatic heterocycles. The van der Waals surface area contributed by atoms with Crippen molar-refractivity contribution < 1.29 is 19.0 Å². The van der Waals surface area contributed by atoms with E-state index in [1.165, 1.54) is 12.1 Å². The van der Waals surface area contributed by atoms with E-state index in [0.717, 1.165) is 16.8 Å². The van der Waals surface area contributed by atoms with Crippen LogP contribution in [-0.4, -0.2) is 56.6 Å². The molecule has 1 heterocycles. The molecule has 8 heteroatoms. The topological polar surface area (TPSA) is 69.0 Å². The smallest absolute Gasteiger partial charge is 0.123 e. The number of anilines is 1. The summed E-state index contributed by atoms with van der Waals surface area (Å²) >= 11 is 6.71. The number of hydrogen-bond acceptors (Lipinski definition) is 6. The summed E-state index contributed by atoms with van der Waals surface area (Å²) in [6, 6.07) is 21.2. The van der Waals surface area contributed by atoms with Gasteiger partial charge in [-0.2, -0.15) is 5.26 Å². The van der Waals surface area contributed by atoms with Gasteiger partial charge in [-0.25, -0.2) is 4.39 Å². The van der Waals surface area contributed by atoms with Gasteiger partial charge in [0.15, 0.2) is 0 Å². The van der Waals surface area contributed by atoms with E-state index in [2.05, 4.69) is 15.9 Å². The fourth-order valence-corrected chi connectivity index (χ4v) is 4.89. The molecule has 1 N–H and O–H groups in total. The maximum atomic E-state index is 13.7. The Labute approximate surface area is 216 Å². The quantitative estimate of drug-likeness (QED) is 0.411. The van der Waals surface area contributed by atoms with E-state index < -0.39 is 0 Å². The zero-order valence-corrected chi connectivity index (χ0v) is 20.9. The highest BCUT2D eigenvalue weighted by molar-refractivity contribution is 6.33. The molecule has 188 valence electrons. The van der Waals surface area contributed by atoms with Gasteiger partial charge in [-0.1, -0.05) is 35.9 Å². The van der Waals surface area contributed by atoms with Gasteiger partial charge in [-0.15, -0.1) is 0 Å². The lowest BCUT2D eigenvalue weighted by Gasteiger charge is -2.46. The predicted molar refractivity (Wildman–Crippen MR) is 138 cm³/mol. The van der Waals surface area contributed by atoms with Gasteiger partial charge in [0.05, 0.1) is 47.6 Å². The number of nitrogens with zero attached hydrogens (tertiary/aromatic N) is 3. The fourth-order valence-electron chi connectivity index (χ4n) is 4.61. The number of benzene rings is 3. The van der Waals surface area contributed by atoms with Crippen LogP contribution >= 0.6 is 11.6 Å². The third-order valence-corrected chi connectivity index (χ3v) is 6.79. The number of aliphatic hydroxyl groups is 1. The second-order valence-electron chi connectivity index (χ2n) is 8.64. The first kappa shape index (κ1) is 25.9. The molecule has 1 aliphatic rings. The van der Waals surface area contributed by atoms with Gasteiger partial charge in [-0.05, 0) is 47.5 Å². The minimum atomic E-state index is -0.292. The SMILES string of the molecule is COCCOc1ccc(N2CCN([C@H](CO)c3ccc(C#N)cc3)C[C@H]2c2ccc(F)cc2)c(Cl)c1. The van der Waals surface area contributed by atoms with Crippen molar-refractivity contribution in [2.75, 3.05) is 51.5 Å². The van der Waals surface area contributed by atoms with Gasteiger partial charge in [0.2, 0.25) is 0 Å². The van der Waals surface area contributed by atoms with Crippen molar-refractivity contribution in [2.24, 2.45) is 0 Å². The molecule has 0 bridgehead atoms. The molecule has 6 nitrogen and oxygen atoms in total. The maximum absolute atomic E-state index is 13.7. The second-order valence-corrected chi connectivity index (χ2v) is 9.05. The molecule has 0 spiro atoms. The molecule has 1 fully saturated rings. The molecular formula is C28H29ClFN3O3. The van der Waals surface area contributed by atoms with Crippen LogP contribution in [0.2, 0.25) is 5.02 Å². The van der Waals surface area contributed by atoms with Crippen molar-refractivity contribution >= 4 is 17.3 Å². The normalized spacial score (nSPS) is 17.0. The van der Waals surface area contributed by atoms with Crippen LogP contribution in [0.4, 0.5) is 10.1 Å². The van der Waals surface area contributed by atoms with E-state index in [9.17, 15) is 9.50 Å². The van der Waals surface area contributed by atoms with Gasteiger partial charge in [0.1, 0.15) is 18.2 Å². The minimum absolute atomic E-state index is 0.0592. The van der Waals surface area contributed by atoms with Crippen LogP contribution in [0.5, 0.6) is 5.75 Å². The molecule has 0 unspecified atom stereocenters. The Morgan fingerprint density at radius 1 is 1.08 bits per heavy atom. The molecule has 3 aromatic rings. The van der Waals surface area contributed by atoms with Crippen molar-refractivity contribution in [3.8, 4) is 11.8 Å². The lowest BCUT2D eigenvalue weighted by atomic mass is 9.97. The number of aliphatic hydroxyl groups excluding tert-OH is 1. The third-order valence-electron chi connectivity index (χ3n) is 6.49. The van der Waals surface area contributed by atoms with Gasteiger partial charge in [-0.3, -0.25) is 4.90 Å². The van der Waals surface area contributed by atoms with Gasteiger partial charge >= 0.3 is 0 Å². The summed E-state index contributed by atoms with van der Waals surface area (Å²) in [7, 11) is 1.62. The lowest BCUT2D eigenvalue weighted by Crippen LogP contribution is -2.50. The minimum Gasteiger partial charge on any atom is -0.491 e. The standard InChI is InChI=1S/C28H29ClFN3O3/c1-35-14-15-36-24-10-11-26(25(29)16-24)33-13-12-32(18-27(33)21-6-8-23(30)9-7-21)28(19-34)22-4-2-20(17-31)3-5-22/h2-11,16,27-28,34H,12-15,18-19H2,1H3/t27-,28+/m0/s1. The van der Waals surface area contributed by atoms with E-state index in [0.29, 0.717) is 49.2 Å². The molecule has 3 aromatic carbocycles. The van der Waals surface area contributed by atoms with Crippen molar-refractivity contribution in [3.63, 3.8) is 0 Å². The Morgan fingerprint density at radius 3 is 2.47 bits per heavy atom. The van der Waals surface area contributed by atoms with Crippen molar-refractivity contribution in [1.29, 1.82) is 5.26 Å². The average Bonchev–Trinajstić information content (AvgIpc) is 2.90. The molecule has 4 rings (SSSR count). The van der Waals surface area contributed by atoms with Crippen LogP contribution in [0.3, 0.4) is 0 Å². The lowest BCUT2D eigenvalue weighted by molar-refractivity contribution is 0.103. The molecule has 36 heavy (non-hydrogen) atoms. The highest BCUT2D eigenvalue weighted by Crippen LogP contribution is 2.38. The number of nitriles is 1. The molecule has 0 amide bonds. The molecule has 0 radical (unpaired) electrons. The molecular weight excluding hydrogens is 481 g/mol. The van der Waals surface area contributed by atoms with Gasteiger partial charge < -0.3 is 19.5 Å². The van der Waals surface area contributed by atoms with Gasteiger partial charge in [0, 0.05) is 32.8 Å². The monoisotopic (exact) mass is 509 g/mol. The summed E-state index contributed by atoms with van der Waals surface area (Å²) < 4.78 is 24.5. The summed E-state index contributed by atoms with van der Waals surface area (Å²) in [4.78, 5) is 4.44. The zero-order valence-electron chi connectivity index (χ0n) is 20.1. The largest absolute Gasteiger partial charge is 0.491 e. The van der Waals surface area contributed by atoms with Gasteiger partial charge in [0.25, 0.3) is 0 Å². The van der Waals surface area contributed by atoms with Crippen LogP contribution < -0.4 is 9.64 Å². The van der Waals surface area contributed by atoms with Crippen LogP contribution in [-0.2, 0) is 4.74 Å². The Morgan fingerprint density at radius 2 is 1.83 bits per heavy atom. The summed E-state index contributed by atoms with van der Waals surface area (Å²) in [5.74, 6) is 0.373. The van der Waals surface area contributed by atoms with E-state index >= 15 is 0 Å². The highest BCUT2D eigenvalue weighted by Gasteiger charge is 2.33. The van der Waals surface area contributed by atoms with Crippen LogP contribution in [0, 0.1) is 17.1 Å². The summed E-state index contributed by atoms with van der Waals surface area (Å²) in [6.45, 7) is 2.79. The average molecular weight is 510 g/mol. The van der Waals surface area contributed by atoms with Crippen LogP contribution in [0.25, 0.3) is 0 Å². The Hall–Kier alpha value is -3.15. The number of piperazine rings is 1. The molecule has 2 atom stereocenters. The summed E-state index contributed by atoms with van der Waals surface area (Å²) in [5, 5.41) is 20.0. The Kier molecular flexibility index (Phi) is 8.79. The number of methoxy groups -OCH3 is 1. The third kappa shape index (κ3) is 5.97. The first-order valence-corrected chi connectivity index (χ1v) is 12.2. The summed E-state index contributed by atoms with van der Waals surface area (Å²) in [6.07, 6.45) is 0. The summed E-state index contributed by atoms with van der Waals surface area (Å²) in [5.41, 5.74) is 3.34. The number of hydrogen-bond donors (Lipinski definition) is 1. The van der Waals surface area contributed by atoms with Crippen LogP contribution in [0.1, 0.15) is 28.8 Å². The number of halogens is 2. The van der Waals surface area contributed by atoms with Crippen molar-refractivity contribution in [1.82, 2.24) is 4.90 Å². The van der Waals surface area contributed by atoms with Crippen molar-refractivity contribution in [3.05, 3.63) is 94.3 Å². The molecule has 0 aromatic heterocycles. The van der Waals surface area contributed by atoms with E-state index in [1.807, 2.05) is 24.3 Å². The highest BCUT2D eigenvalue weighted by atomic mass is 35.5. The molecule has 0 saturated carbocycles. The van der Waals surface area contributed by atoms with Crippen LogP contribution in [0.15, 0.2) is 66.7 Å². The Balaban J connectivity index is 1.61. The number of rotatable bonds is 9. The molecule has 0 aliphatic carbocycles. The maximum Gasteiger partial charge on any atom is 0.123 e. The first-order valence-electron chi connectivity index (χ1n) is 11.8. The Bertz CT molecular complexity index is 1180. The van der Waals surface area contributed by atoms with E-state index in [4.69, 9.17) is 26.3 Å². The van der Waals surface area contributed by atoms with E-state index in [-0.39, 0.29) is 24.5 Å². The first-order chi connectivity index (χ1) is 17.5. The predicted octanol–water partition coefficient (Wildman–Crippen LogP) is 4.97. The second kappa shape index (κ2) is 12.2. The number of ether oxygens (including phenoxy) is 2.